The normalized spacial score (nSPS) is 10.6. The van der Waals surface area contributed by atoms with E-state index in [2.05, 4.69) is 0 Å². The number of imidazole rings is 1. The highest BCUT2D eigenvalue weighted by Gasteiger charge is 2.24. The van der Waals surface area contributed by atoms with Crippen molar-refractivity contribution in [2.24, 2.45) is 7.05 Å². The topological polar surface area (TPSA) is 44.1 Å². The number of benzene rings is 3. The summed E-state index contributed by atoms with van der Waals surface area (Å²) in [6.07, 6.45) is 0. The van der Waals surface area contributed by atoms with Gasteiger partial charge in [0.15, 0.2) is 5.69 Å². The van der Waals surface area contributed by atoms with Crippen LogP contribution in [0.5, 0.6) is 0 Å². The molecule has 4 rings (SSSR count). The number of carbonyl (C=O) groups excluding carboxylic acids is 1. The minimum atomic E-state index is -0.389. The molecule has 138 valence electrons. The largest absolute Gasteiger partial charge is 0.456 e. The lowest BCUT2D eigenvalue weighted by Gasteiger charge is -2.08. The van der Waals surface area contributed by atoms with Crippen molar-refractivity contribution in [3.8, 4) is 22.6 Å². The molecule has 0 aliphatic carbocycles. The minimum absolute atomic E-state index is 0.222. The number of aromatic nitrogens is 2. The van der Waals surface area contributed by atoms with Crippen molar-refractivity contribution >= 4 is 5.97 Å². The Bertz CT molecular complexity index is 1070. The van der Waals surface area contributed by atoms with Gasteiger partial charge in [-0.3, -0.25) is 0 Å². The molecule has 1 aromatic heterocycles. The highest BCUT2D eigenvalue weighted by atomic mass is 16.5. The molecule has 0 saturated carbocycles. The fourth-order valence-corrected chi connectivity index (χ4v) is 3.17. The number of rotatable bonds is 5. The fraction of sp³-hybridized carbons (Fsp3) is 0.0833. The Morgan fingerprint density at radius 2 is 1.36 bits per heavy atom. The van der Waals surface area contributed by atoms with Gasteiger partial charge < -0.3 is 9.30 Å². The molecule has 0 saturated heterocycles. The molecule has 0 atom stereocenters. The van der Waals surface area contributed by atoms with Gasteiger partial charge in [-0.2, -0.15) is 0 Å². The highest BCUT2D eigenvalue weighted by Crippen LogP contribution is 2.29. The molecule has 28 heavy (non-hydrogen) atoms. The van der Waals surface area contributed by atoms with E-state index in [1.165, 1.54) is 0 Å². The lowest BCUT2D eigenvalue weighted by molar-refractivity contribution is 0.0462. The monoisotopic (exact) mass is 368 g/mol. The van der Waals surface area contributed by atoms with Crippen molar-refractivity contribution in [2.75, 3.05) is 0 Å². The van der Waals surface area contributed by atoms with Gasteiger partial charge in [-0.25, -0.2) is 9.78 Å². The van der Waals surface area contributed by atoms with Crippen LogP contribution in [0.3, 0.4) is 0 Å². The van der Waals surface area contributed by atoms with Crippen LogP contribution in [0.2, 0.25) is 0 Å². The summed E-state index contributed by atoms with van der Waals surface area (Å²) in [5.41, 5.74) is 3.85. The fourth-order valence-electron chi connectivity index (χ4n) is 3.17. The molecule has 0 radical (unpaired) electrons. The van der Waals surface area contributed by atoms with Crippen LogP contribution in [-0.2, 0) is 18.4 Å². The molecule has 0 bridgehead atoms. The van der Waals surface area contributed by atoms with Gasteiger partial charge >= 0.3 is 5.97 Å². The van der Waals surface area contributed by atoms with Crippen LogP contribution in [0.4, 0.5) is 0 Å². The van der Waals surface area contributed by atoms with E-state index in [0.717, 1.165) is 22.5 Å². The molecule has 0 unspecified atom stereocenters. The van der Waals surface area contributed by atoms with Crippen molar-refractivity contribution in [1.29, 1.82) is 0 Å². The van der Waals surface area contributed by atoms with Crippen LogP contribution in [0.15, 0.2) is 91.0 Å². The second-order valence-corrected chi connectivity index (χ2v) is 6.49. The summed E-state index contributed by atoms with van der Waals surface area (Å²) in [4.78, 5) is 17.8. The lowest BCUT2D eigenvalue weighted by atomic mass is 10.1. The summed E-state index contributed by atoms with van der Waals surface area (Å²) in [5, 5.41) is 0. The molecule has 3 aromatic carbocycles. The average Bonchev–Trinajstić information content (AvgIpc) is 3.11. The zero-order chi connectivity index (χ0) is 19.3. The van der Waals surface area contributed by atoms with E-state index in [1.807, 2.05) is 103 Å². The number of hydrogen-bond acceptors (Lipinski definition) is 3. The van der Waals surface area contributed by atoms with Gasteiger partial charge in [-0.1, -0.05) is 91.0 Å². The van der Waals surface area contributed by atoms with Crippen molar-refractivity contribution in [3.05, 3.63) is 102 Å². The first-order chi connectivity index (χ1) is 13.7. The van der Waals surface area contributed by atoms with Crippen molar-refractivity contribution in [3.63, 3.8) is 0 Å². The number of nitrogens with zero attached hydrogens (tertiary/aromatic N) is 2. The molecule has 0 fully saturated rings. The van der Waals surface area contributed by atoms with Crippen LogP contribution in [0.1, 0.15) is 16.1 Å². The standard InChI is InChI=1S/C24H20N2O2/c1-26-22(24(27)28-17-18-11-5-2-6-12-18)21(19-13-7-3-8-14-19)25-23(26)20-15-9-4-10-16-20/h2-16H,17H2,1H3. The molecule has 0 amide bonds. The maximum absolute atomic E-state index is 13.0. The highest BCUT2D eigenvalue weighted by molar-refractivity contribution is 5.95. The maximum atomic E-state index is 13.0. The van der Waals surface area contributed by atoms with E-state index in [-0.39, 0.29) is 12.6 Å². The van der Waals surface area contributed by atoms with E-state index < -0.39 is 0 Å². The summed E-state index contributed by atoms with van der Waals surface area (Å²) < 4.78 is 7.42. The molecular formula is C24H20N2O2. The molecule has 4 nitrogen and oxygen atoms in total. The molecule has 4 aromatic rings. The van der Waals surface area contributed by atoms with Crippen LogP contribution < -0.4 is 0 Å². The number of hydrogen-bond donors (Lipinski definition) is 0. The van der Waals surface area contributed by atoms with Crippen LogP contribution >= 0.6 is 0 Å². The summed E-state index contributed by atoms with van der Waals surface area (Å²) in [6.45, 7) is 0.222. The Morgan fingerprint density at radius 3 is 1.96 bits per heavy atom. The second-order valence-electron chi connectivity index (χ2n) is 6.49. The predicted octanol–water partition coefficient (Wildman–Crippen LogP) is 5.11. The Hall–Kier alpha value is -3.66. The number of carbonyl (C=O) groups is 1. The van der Waals surface area contributed by atoms with E-state index in [1.54, 1.807) is 0 Å². The average molecular weight is 368 g/mol. The van der Waals surface area contributed by atoms with Crippen molar-refractivity contribution < 1.29 is 9.53 Å². The van der Waals surface area contributed by atoms with Crippen LogP contribution in [0, 0.1) is 0 Å². The molecule has 0 spiro atoms. The molecule has 1 heterocycles. The molecular weight excluding hydrogens is 348 g/mol. The van der Waals surface area contributed by atoms with Crippen molar-refractivity contribution in [2.45, 2.75) is 6.61 Å². The Labute approximate surface area is 164 Å². The summed E-state index contributed by atoms with van der Waals surface area (Å²) in [6, 6.07) is 29.2. The van der Waals surface area contributed by atoms with Gasteiger partial charge in [0.1, 0.15) is 18.1 Å². The smallest absolute Gasteiger partial charge is 0.357 e. The van der Waals surface area contributed by atoms with Gasteiger partial charge in [0, 0.05) is 18.2 Å². The molecule has 0 aliphatic heterocycles. The third kappa shape index (κ3) is 3.58. The molecule has 0 aliphatic rings. The van der Waals surface area contributed by atoms with E-state index in [4.69, 9.17) is 9.72 Å². The Morgan fingerprint density at radius 1 is 0.821 bits per heavy atom. The summed E-state index contributed by atoms with van der Waals surface area (Å²) >= 11 is 0. The van der Waals surface area contributed by atoms with Gasteiger partial charge in [0.05, 0.1) is 0 Å². The Balaban J connectivity index is 1.74. The first-order valence-corrected chi connectivity index (χ1v) is 9.12. The van der Waals surface area contributed by atoms with Gasteiger partial charge in [0.25, 0.3) is 0 Å². The maximum Gasteiger partial charge on any atom is 0.357 e. The van der Waals surface area contributed by atoms with E-state index >= 15 is 0 Å². The predicted molar refractivity (Wildman–Crippen MR) is 110 cm³/mol. The zero-order valence-corrected chi connectivity index (χ0v) is 15.6. The minimum Gasteiger partial charge on any atom is -0.456 e. The summed E-state index contributed by atoms with van der Waals surface area (Å²) in [7, 11) is 1.85. The SMILES string of the molecule is Cn1c(-c2ccccc2)nc(-c2ccccc2)c1C(=O)OCc1ccccc1. The van der Waals surface area contributed by atoms with Crippen molar-refractivity contribution in [1.82, 2.24) is 9.55 Å². The van der Waals surface area contributed by atoms with Crippen LogP contribution in [0.25, 0.3) is 22.6 Å². The van der Waals surface area contributed by atoms with Crippen LogP contribution in [-0.4, -0.2) is 15.5 Å². The first-order valence-electron chi connectivity index (χ1n) is 9.12. The van der Waals surface area contributed by atoms with Gasteiger partial charge in [-0.05, 0) is 5.56 Å². The van der Waals surface area contributed by atoms with E-state index in [9.17, 15) is 4.79 Å². The zero-order valence-electron chi connectivity index (χ0n) is 15.6. The Kier molecular flexibility index (Phi) is 5.02. The number of ether oxygens (including phenoxy) is 1. The summed E-state index contributed by atoms with van der Waals surface area (Å²) in [5.74, 6) is 0.339. The number of esters is 1. The second kappa shape index (κ2) is 7.92. The van der Waals surface area contributed by atoms with Gasteiger partial charge in [0.2, 0.25) is 0 Å². The first kappa shape index (κ1) is 17.7. The third-order valence-electron chi connectivity index (χ3n) is 4.58. The quantitative estimate of drug-likeness (QED) is 0.460. The van der Waals surface area contributed by atoms with Gasteiger partial charge in [-0.15, -0.1) is 0 Å². The molecule has 0 N–H and O–H groups in total. The molecule has 4 heteroatoms. The lowest BCUT2D eigenvalue weighted by Crippen LogP contribution is -2.12. The third-order valence-corrected chi connectivity index (χ3v) is 4.58. The van der Waals surface area contributed by atoms with E-state index in [0.29, 0.717) is 11.4 Å².